The lowest BCUT2D eigenvalue weighted by Gasteiger charge is -2.35. The van der Waals surface area contributed by atoms with E-state index in [9.17, 15) is 4.79 Å². The highest BCUT2D eigenvalue weighted by molar-refractivity contribution is 7.10. The van der Waals surface area contributed by atoms with Crippen LogP contribution in [0.15, 0.2) is 34.4 Å². The average Bonchev–Trinajstić information content (AvgIpc) is 3.15. The molecule has 0 fully saturated rings. The van der Waals surface area contributed by atoms with Gasteiger partial charge in [0, 0.05) is 38.1 Å². The van der Waals surface area contributed by atoms with Gasteiger partial charge in [-0.3, -0.25) is 14.0 Å². The van der Waals surface area contributed by atoms with E-state index < -0.39 is 0 Å². The van der Waals surface area contributed by atoms with Gasteiger partial charge < -0.3 is 0 Å². The molecule has 0 radical (unpaired) electrons. The third kappa shape index (κ3) is 2.34. The number of nitrogens with zero attached hydrogens (tertiary/aromatic N) is 3. The maximum absolute atomic E-state index is 12.1. The van der Waals surface area contributed by atoms with Crippen molar-refractivity contribution in [3.05, 3.63) is 56.1 Å². The van der Waals surface area contributed by atoms with Crippen LogP contribution in [0.25, 0.3) is 11.0 Å². The second-order valence-corrected chi connectivity index (χ2v) is 7.67. The van der Waals surface area contributed by atoms with Crippen LogP contribution in [0.3, 0.4) is 0 Å². The molecule has 4 rings (SSSR count). The van der Waals surface area contributed by atoms with Crippen LogP contribution in [0.5, 0.6) is 0 Å². The molecule has 4 nitrogen and oxygen atoms in total. The molecule has 5 heteroatoms. The number of rotatable bonds is 3. The quantitative estimate of drug-likeness (QED) is 0.730. The van der Waals surface area contributed by atoms with Gasteiger partial charge >= 0.3 is 5.69 Å². The fourth-order valence-electron chi connectivity index (χ4n) is 4.00. The van der Waals surface area contributed by atoms with E-state index >= 15 is 0 Å². The van der Waals surface area contributed by atoms with Gasteiger partial charge in [-0.15, -0.1) is 11.3 Å². The van der Waals surface area contributed by atoms with Crippen LogP contribution in [-0.4, -0.2) is 20.6 Å². The summed E-state index contributed by atoms with van der Waals surface area (Å²) in [7, 11) is 3.68. The summed E-state index contributed by atoms with van der Waals surface area (Å²) in [6.07, 6.45) is 2.28. The van der Waals surface area contributed by atoms with Crippen molar-refractivity contribution in [2.75, 3.05) is 6.54 Å². The van der Waals surface area contributed by atoms with Crippen LogP contribution in [0.2, 0.25) is 0 Å². The molecule has 1 aromatic carbocycles. The van der Waals surface area contributed by atoms with Crippen LogP contribution < -0.4 is 5.69 Å². The first-order chi connectivity index (χ1) is 11.6. The van der Waals surface area contributed by atoms with Crippen molar-refractivity contribution in [2.24, 2.45) is 14.1 Å². The van der Waals surface area contributed by atoms with Crippen LogP contribution in [0, 0.1) is 0 Å². The zero-order chi connectivity index (χ0) is 16.8. The molecule has 1 aliphatic rings. The number of hydrogen-bond donors (Lipinski definition) is 0. The van der Waals surface area contributed by atoms with Gasteiger partial charge in [0.05, 0.1) is 11.0 Å². The molecule has 126 valence electrons. The molecule has 3 heterocycles. The molecule has 1 atom stereocenters. The van der Waals surface area contributed by atoms with Gasteiger partial charge in [-0.25, -0.2) is 4.79 Å². The van der Waals surface area contributed by atoms with Gasteiger partial charge in [0.15, 0.2) is 0 Å². The number of aromatic nitrogens is 2. The maximum Gasteiger partial charge on any atom is 0.328 e. The fourth-order valence-corrected chi connectivity index (χ4v) is 4.93. The lowest BCUT2D eigenvalue weighted by atomic mass is 9.97. The van der Waals surface area contributed by atoms with E-state index in [2.05, 4.69) is 41.5 Å². The summed E-state index contributed by atoms with van der Waals surface area (Å²) in [5.41, 5.74) is 4.84. The minimum atomic E-state index is 0.0365. The summed E-state index contributed by atoms with van der Waals surface area (Å²) in [5, 5.41) is 2.22. The Bertz CT molecular complexity index is 949. The Morgan fingerprint density at radius 1 is 1.17 bits per heavy atom. The van der Waals surface area contributed by atoms with Gasteiger partial charge in [-0.05, 0) is 47.5 Å². The van der Waals surface area contributed by atoms with Crippen molar-refractivity contribution in [1.82, 2.24) is 14.0 Å². The van der Waals surface area contributed by atoms with Gasteiger partial charge in [0.1, 0.15) is 0 Å². The molecule has 1 aliphatic heterocycles. The smallest absolute Gasteiger partial charge is 0.295 e. The number of hydrogen-bond acceptors (Lipinski definition) is 3. The van der Waals surface area contributed by atoms with Gasteiger partial charge in [0.25, 0.3) is 0 Å². The predicted molar refractivity (Wildman–Crippen MR) is 99.6 cm³/mol. The molecule has 1 unspecified atom stereocenters. The Morgan fingerprint density at radius 3 is 2.75 bits per heavy atom. The third-order valence-corrected chi connectivity index (χ3v) is 6.31. The number of aryl methyl sites for hydroxylation is 2. The molecule has 0 N–H and O–H groups in total. The highest BCUT2D eigenvalue weighted by Crippen LogP contribution is 2.36. The molecule has 0 spiro atoms. The summed E-state index contributed by atoms with van der Waals surface area (Å²) in [5.74, 6) is 0. The number of fused-ring (bicyclic) bond motifs is 2. The summed E-state index contributed by atoms with van der Waals surface area (Å²) in [6.45, 7) is 4.32. The highest BCUT2D eigenvalue weighted by atomic mass is 32.1. The van der Waals surface area contributed by atoms with E-state index in [-0.39, 0.29) is 5.69 Å². The van der Waals surface area contributed by atoms with Crippen molar-refractivity contribution in [3.63, 3.8) is 0 Å². The Balaban J connectivity index is 1.67. The van der Waals surface area contributed by atoms with E-state index in [4.69, 9.17) is 0 Å². The summed E-state index contributed by atoms with van der Waals surface area (Å²) < 4.78 is 3.45. The zero-order valence-corrected chi connectivity index (χ0v) is 15.3. The first-order valence-electron chi connectivity index (χ1n) is 8.54. The molecule has 0 saturated heterocycles. The molecule has 24 heavy (non-hydrogen) atoms. The maximum atomic E-state index is 12.1. The van der Waals surface area contributed by atoms with E-state index in [0.717, 1.165) is 37.0 Å². The summed E-state index contributed by atoms with van der Waals surface area (Å²) in [4.78, 5) is 16.2. The SMILES string of the molecule is CCC1c2ccsc2CCN1Cc1ccc2c(c1)n(C)c(=O)n2C. The zero-order valence-electron chi connectivity index (χ0n) is 14.5. The monoisotopic (exact) mass is 341 g/mol. The van der Waals surface area contributed by atoms with Gasteiger partial charge in [0.2, 0.25) is 0 Å². The molecule has 3 aromatic rings. The topological polar surface area (TPSA) is 30.2 Å². The Morgan fingerprint density at radius 2 is 1.96 bits per heavy atom. The standard InChI is InChI=1S/C19H23N3OS/c1-4-15-14-8-10-24-18(14)7-9-22(15)12-13-5-6-16-17(11-13)21(3)19(23)20(16)2/h5-6,8,10-11,15H,4,7,9,12H2,1-3H3. The minimum absolute atomic E-state index is 0.0365. The van der Waals surface area contributed by atoms with Crippen LogP contribution in [0.1, 0.15) is 35.4 Å². The predicted octanol–water partition coefficient (Wildman–Crippen LogP) is 3.45. The van der Waals surface area contributed by atoms with E-state index in [1.165, 1.54) is 11.1 Å². The molecule has 0 saturated carbocycles. The molecule has 0 aliphatic carbocycles. The number of thiophene rings is 1. The second-order valence-electron chi connectivity index (χ2n) is 6.67. The van der Waals surface area contributed by atoms with Crippen LogP contribution >= 0.6 is 11.3 Å². The molecule has 2 aromatic heterocycles. The minimum Gasteiger partial charge on any atom is -0.295 e. The van der Waals surface area contributed by atoms with Crippen LogP contribution in [0.4, 0.5) is 0 Å². The van der Waals surface area contributed by atoms with Crippen molar-refractivity contribution in [1.29, 1.82) is 0 Å². The first kappa shape index (κ1) is 15.7. The summed E-state index contributed by atoms with van der Waals surface area (Å²) in [6, 6.07) is 9.22. The van der Waals surface area contributed by atoms with Gasteiger partial charge in [-0.2, -0.15) is 0 Å². The lowest BCUT2D eigenvalue weighted by Crippen LogP contribution is -2.33. The average molecular weight is 341 g/mol. The van der Waals surface area contributed by atoms with Crippen molar-refractivity contribution < 1.29 is 0 Å². The Labute approximate surface area is 145 Å². The Kier molecular flexibility index (Phi) is 3.85. The van der Waals surface area contributed by atoms with Crippen molar-refractivity contribution in [3.8, 4) is 0 Å². The normalized spacial score (nSPS) is 18.2. The fraction of sp³-hybridized carbons (Fsp3) is 0.421. The molecule has 0 bridgehead atoms. The van der Waals surface area contributed by atoms with Crippen molar-refractivity contribution >= 4 is 22.4 Å². The summed E-state index contributed by atoms with van der Waals surface area (Å²) >= 11 is 1.89. The Hall–Kier alpha value is -1.85. The number of benzene rings is 1. The second kappa shape index (κ2) is 5.90. The number of imidazole rings is 1. The molecule has 0 amide bonds. The van der Waals surface area contributed by atoms with Gasteiger partial charge in [-0.1, -0.05) is 13.0 Å². The van der Waals surface area contributed by atoms with E-state index in [0.29, 0.717) is 6.04 Å². The largest absolute Gasteiger partial charge is 0.328 e. The van der Waals surface area contributed by atoms with Crippen LogP contribution in [-0.2, 0) is 27.1 Å². The third-order valence-electron chi connectivity index (χ3n) is 5.31. The van der Waals surface area contributed by atoms with E-state index in [1.807, 2.05) is 25.4 Å². The molecular formula is C19H23N3OS. The molecular weight excluding hydrogens is 318 g/mol. The van der Waals surface area contributed by atoms with E-state index in [1.54, 1.807) is 14.0 Å². The van der Waals surface area contributed by atoms with Crippen molar-refractivity contribution in [2.45, 2.75) is 32.4 Å². The highest BCUT2D eigenvalue weighted by Gasteiger charge is 2.26. The first-order valence-corrected chi connectivity index (χ1v) is 9.42. The lowest BCUT2D eigenvalue weighted by molar-refractivity contribution is 0.173.